The van der Waals surface area contributed by atoms with E-state index in [1.165, 1.54) is 0 Å². The third-order valence-corrected chi connectivity index (χ3v) is 8.51. The molecule has 2 aromatic carbocycles. The smallest absolute Gasteiger partial charge is 0.410 e. The van der Waals surface area contributed by atoms with Gasteiger partial charge in [-0.1, -0.05) is 42.5 Å². The molecule has 0 bridgehead atoms. The molecule has 2 amide bonds. The minimum Gasteiger partial charge on any atom is -0.445 e. The molecule has 2 aromatic heterocycles. The van der Waals surface area contributed by atoms with Crippen molar-refractivity contribution in [2.45, 2.75) is 39.2 Å². The van der Waals surface area contributed by atoms with E-state index in [4.69, 9.17) is 9.72 Å². The molecule has 4 heterocycles. The van der Waals surface area contributed by atoms with Crippen molar-refractivity contribution in [1.82, 2.24) is 19.2 Å². The van der Waals surface area contributed by atoms with Crippen LogP contribution in [0.1, 0.15) is 47.9 Å². The molecule has 4 aromatic rings. The van der Waals surface area contributed by atoms with Crippen molar-refractivity contribution in [2.75, 3.05) is 44.2 Å². The number of para-hydroxylation sites is 2. The summed E-state index contributed by atoms with van der Waals surface area (Å²) in [7, 11) is 0. The zero-order chi connectivity index (χ0) is 28.5. The Labute approximate surface area is 239 Å². The number of nitriles is 1. The van der Waals surface area contributed by atoms with E-state index >= 15 is 0 Å². The maximum Gasteiger partial charge on any atom is 0.410 e. The second kappa shape index (κ2) is 11.1. The van der Waals surface area contributed by atoms with Crippen LogP contribution in [0, 0.1) is 18.3 Å². The standard InChI is InChI=1S/C32H34N6O3/c1-22-29(25-12-14-37(15-13-25)32(40)41-21-24-8-4-3-5-9-24)26(20-33)30-34-27-10-6-7-11-28(27)38(30)31(22)36-18-16-35(17-19-36)23(2)39/h3-11,25H,12-19,21H2,1-2H3. The first-order chi connectivity index (χ1) is 20.0. The van der Waals surface area contributed by atoms with Gasteiger partial charge in [-0.3, -0.25) is 9.20 Å². The van der Waals surface area contributed by atoms with Crippen LogP contribution < -0.4 is 4.90 Å². The van der Waals surface area contributed by atoms with E-state index in [-0.39, 0.29) is 24.5 Å². The van der Waals surface area contributed by atoms with Gasteiger partial charge in [0.1, 0.15) is 18.5 Å². The lowest BCUT2D eigenvalue weighted by molar-refractivity contribution is -0.129. The van der Waals surface area contributed by atoms with Gasteiger partial charge in [0.25, 0.3) is 0 Å². The summed E-state index contributed by atoms with van der Waals surface area (Å²) in [5, 5.41) is 10.5. The maximum atomic E-state index is 12.8. The van der Waals surface area contributed by atoms with E-state index in [1.807, 2.05) is 59.5 Å². The fourth-order valence-corrected chi connectivity index (χ4v) is 6.40. The lowest BCUT2D eigenvalue weighted by Gasteiger charge is -2.38. The number of amides is 2. The molecule has 2 saturated heterocycles. The number of hydrogen-bond acceptors (Lipinski definition) is 6. The summed E-state index contributed by atoms with van der Waals surface area (Å²) in [4.78, 5) is 35.7. The van der Waals surface area contributed by atoms with Crippen molar-refractivity contribution in [2.24, 2.45) is 0 Å². The summed E-state index contributed by atoms with van der Waals surface area (Å²) in [6, 6.07) is 20.2. The first-order valence-corrected chi connectivity index (χ1v) is 14.3. The number of imidazole rings is 1. The minimum absolute atomic E-state index is 0.0918. The van der Waals surface area contributed by atoms with Crippen molar-refractivity contribution < 1.29 is 14.3 Å². The zero-order valence-electron chi connectivity index (χ0n) is 23.5. The van der Waals surface area contributed by atoms with Crippen molar-refractivity contribution >= 4 is 34.5 Å². The number of fused-ring (bicyclic) bond motifs is 3. The predicted molar refractivity (Wildman–Crippen MR) is 157 cm³/mol. The fraction of sp³-hybridized carbons (Fsp3) is 0.375. The molecule has 0 unspecified atom stereocenters. The van der Waals surface area contributed by atoms with E-state index in [9.17, 15) is 14.9 Å². The number of piperidine rings is 1. The third-order valence-electron chi connectivity index (χ3n) is 8.51. The molecule has 2 fully saturated rings. The number of hydrogen-bond donors (Lipinski definition) is 0. The molecule has 0 atom stereocenters. The number of carbonyl (C=O) groups excluding carboxylic acids is 2. The topological polar surface area (TPSA) is 94.2 Å². The molecule has 0 spiro atoms. The Morgan fingerprint density at radius 1 is 0.951 bits per heavy atom. The summed E-state index contributed by atoms with van der Waals surface area (Å²) in [6.45, 7) is 7.83. The van der Waals surface area contributed by atoms with Gasteiger partial charge >= 0.3 is 6.09 Å². The van der Waals surface area contributed by atoms with Crippen LogP contribution in [0.2, 0.25) is 0 Å². The summed E-state index contributed by atoms with van der Waals surface area (Å²) in [6.07, 6.45) is 1.18. The molecule has 9 heteroatoms. The number of ether oxygens (including phenoxy) is 1. The highest BCUT2D eigenvalue weighted by Crippen LogP contribution is 2.40. The number of pyridine rings is 1. The van der Waals surface area contributed by atoms with Crippen LogP contribution in [0.4, 0.5) is 10.6 Å². The Hall–Kier alpha value is -4.58. The lowest BCUT2D eigenvalue weighted by Crippen LogP contribution is -2.49. The molecular weight excluding hydrogens is 516 g/mol. The van der Waals surface area contributed by atoms with Crippen LogP contribution in [0.5, 0.6) is 0 Å². The van der Waals surface area contributed by atoms with E-state index < -0.39 is 0 Å². The summed E-state index contributed by atoms with van der Waals surface area (Å²) < 4.78 is 7.71. The highest BCUT2D eigenvalue weighted by Gasteiger charge is 2.32. The van der Waals surface area contributed by atoms with Crippen molar-refractivity contribution in [3.05, 3.63) is 76.9 Å². The molecule has 0 radical (unpaired) electrons. The van der Waals surface area contributed by atoms with Crippen LogP contribution in [0.25, 0.3) is 16.7 Å². The van der Waals surface area contributed by atoms with Crippen LogP contribution in [0.3, 0.4) is 0 Å². The monoisotopic (exact) mass is 550 g/mol. The molecule has 0 aliphatic carbocycles. The molecular formula is C32H34N6O3. The van der Waals surface area contributed by atoms with Crippen molar-refractivity contribution in [1.29, 1.82) is 5.26 Å². The summed E-state index contributed by atoms with van der Waals surface area (Å²) in [5.74, 6) is 1.25. The molecule has 2 aliphatic rings. The third kappa shape index (κ3) is 4.95. The van der Waals surface area contributed by atoms with Crippen molar-refractivity contribution in [3.8, 4) is 6.07 Å². The molecule has 6 rings (SSSR count). The quantitative estimate of drug-likeness (QED) is 0.361. The Kier molecular flexibility index (Phi) is 7.23. The van der Waals surface area contributed by atoms with Gasteiger partial charge in [-0.15, -0.1) is 0 Å². The largest absolute Gasteiger partial charge is 0.445 e. The van der Waals surface area contributed by atoms with Crippen LogP contribution in [-0.2, 0) is 16.1 Å². The first kappa shape index (κ1) is 26.6. The van der Waals surface area contributed by atoms with Crippen molar-refractivity contribution in [3.63, 3.8) is 0 Å². The summed E-state index contributed by atoms with van der Waals surface area (Å²) >= 11 is 0. The van der Waals surface area contributed by atoms with Gasteiger partial charge in [-0.2, -0.15) is 5.26 Å². The SMILES string of the molecule is CC(=O)N1CCN(c2c(C)c(C3CCN(C(=O)OCc4ccccc4)CC3)c(C#N)c3nc4ccccc4n23)CC1. The first-order valence-electron chi connectivity index (χ1n) is 14.3. The normalized spacial score (nSPS) is 16.3. The number of anilines is 1. The molecule has 2 aliphatic heterocycles. The summed E-state index contributed by atoms with van der Waals surface area (Å²) in [5.41, 5.74) is 6.14. The average Bonchev–Trinajstić information content (AvgIpc) is 3.39. The van der Waals surface area contributed by atoms with Gasteiger partial charge in [-0.25, -0.2) is 9.78 Å². The molecule has 0 saturated carbocycles. The van der Waals surface area contributed by atoms with E-state index in [1.54, 1.807) is 11.8 Å². The van der Waals surface area contributed by atoms with Gasteiger partial charge in [-0.05, 0) is 54.5 Å². The molecule has 0 N–H and O–H groups in total. The number of piperazine rings is 1. The molecule has 9 nitrogen and oxygen atoms in total. The second-order valence-electron chi connectivity index (χ2n) is 10.9. The van der Waals surface area contributed by atoms with Crippen LogP contribution in [-0.4, -0.2) is 70.5 Å². The maximum absolute atomic E-state index is 12.8. The van der Waals surface area contributed by atoms with Gasteiger partial charge < -0.3 is 19.4 Å². The number of rotatable bonds is 4. The van der Waals surface area contributed by atoms with Gasteiger partial charge in [0.05, 0.1) is 16.6 Å². The Morgan fingerprint density at radius 3 is 2.32 bits per heavy atom. The van der Waals surface area contributed by atoms with E-state index in [2.05, 4.69) is 22.3 Å². The number of benzene rings is 2. The van der Waals surface area contributed by atoms with Gasteiger partial charge in [0.2, 0.25) is 5.91 Å². The lowest BCUT2D eigenvalue weighted by atomic mass is 9.84. The molecule has 41 heavy (non-hydrogen) atoms. The van der Waals surface area contributed by atoms with Gasteiger partial charge in [0.15, 0.2) is 5.65 Å². The zero-order valence-corrected chi connectivity index (χ0v) is 23.5. The number of aromatic nitrogens is 2. The minimum atomic E-state index is -0.302. The Morgan fingerprint density at radius 2 is 1.63 bits per heavy atom. The number of nitrogens with zero attached hydrogens (tertiary/aromatic N) is 6. The number of likely N-dealkylation sites (tertiary alicyclic amines) is 1. The van der Waals surface area contributed by atoms with Crippen LogP contribution >= 0.6 is 0 Å². The van der Waals surface area contributed by atoms with Crippen LogP contribution in [0.15, 0.2) is 54.6 Å². The van der Waals surface area contributed by atoms with E-state index in [0.717, 1.165) is 46.4 Å². The predicted octanol–water partition coefficient (Wildman–Crippen LogP) is 4.85. The number of carbonyl (C=O) groups is 2. The Bertz CT molecular complexity index is 1640. The molecule has 210 valence electrons. The second-order valence-corrected chi connectivity index (χ2v) is 10.9. The average molecular weight is 551 g/mol. The highest BCUT2D eigenvalue weighted by molar-refractivity contribution is 5.86. The highest BCUT2D eigenvalue weighted by atomic mass is 16.6. The van der Waals surface area contributed by atoms with Gasteiger partial charge in [0, 0.05) is 46.2 Å². The van der Waals surface area contributed by atoms with E-state index in [0.29, 0.717) is 50.5 Å². The fourth-order valence-electron chi connectivity index (χ4n) is 6.40. The Balaban J connectivity index is 1.32.